The van der Waals surface area contributed by atoms with Crippen molar-refractivity contribution in [2.75, 3.05) is 0 Å². The van der Waals surface area contributed by atoms with E-state index in [2.05, 4.69) is 6.58 Å². The molecule has 1 heterocycles. The molecule has 1 aromatic heterocycles. The quantitative estimate of drug-likeness (QED) is 0.506. The van der Waals surface area contributed by atoms with Crippen molar-refractivity contribution in [3.63, 3.8) is 0 Å². The van der Waals surface area contributed by atoms with Crippen LogP contribution in [0.5, 0.6) is 0 Å². The van der Waals surface area contributed by atoms with Crippen molar-refractivity contribution in [1.29, 1.82) is 0 Å². The van der Waals surface area contributed by atoms with Crippen LogP contribution in [-0.2, 0) is 0 Å². The van der Waals surface area contributed by atoms with Gasteiger partial charge in [-0.25, -0.2) is 0 Å². The number of hydrogen-bond acceptors (Lipinski definition) is 2. The minimum Gasteiger partial charge on any atom is -0.461 e. The number of allylic oxidation sites excluding steroid dienone is 1. The van der Waals surface area contributed by atoms with Gasteiger partial charge in [0, 0.05) is 5.92 Å². The molecule has 2 heteroatoms. The summed E-state index contributed by atoms with van der Waals surface area (Å²) in [5, 5.41) is 0. The maximum absolute atomic E-state index is 11.5. The molecule has 0 aliphatic heterocycles. The van der Waals surface area contributed by atoms with E-state index in [-0.39, 0.29) is 11.7 Å². The molecule has 0 radical (unpaired) electrons. The van der Waals surface area contributed by atoms with Crippen molar-refractivity contribution in [1.82, 2.24) is 0 Å². The smallest absolute Gasteiger partial charge is 0.201 e. The van der Waals surface area contributed by atoms with Crippen molar-refractivity contribution in [2.24, 2.45) is 5.92 Å². The van der Waals surface area contributed by atoms with Crippen molar-refractivity contribution < 1.29 is 9.21 Å². The Morgan fingerprint density at radius 2 is 2.58 bits per heavy atom. The Hall–Kier alpha value is -1.31. The third kappa shape index (κ3) is 1.84. The molecular weight excluding hydrogens is 152 g/mol. The van der Waals surface area contributed by atoms with E-state index in [4.69, 9.17) is 4.42 Å². The van der Waals surface area contributed by atoms with Gasteiger partial charge in [-0.3, -0.25) is 4.79 Å². The first-order chi connectivity index (χ1) is 5.75. The molecule has 0 aliphatic carbocycles. The van der Waals surface area contributed by atoms with Gasteiger partial charge < -0.3 is 4.42 Å². The van der Waals surface area contributed by atoms with E-state index in [1.54, 1.807) is 18.2 Å². The average Bonchev–Trinajstić information content (AvgIpc) is 2.55. The minimum atomic E-state index is -0.0337. The van der Waals surface area contributed by atoms with E-state index in [0.717, 1.165) is 0 Å². The zero-order valence-electron chi connectivity index (χ0n) is 7.12. The topological polar surface area (TPSA) is 30.2 Å². The average molecular weight is 164 g/mol. The van der Waals surface area contributed by atoms with Gasteiger partial charge in [0.2, 0.25) is 5.78 Å². The van der Waals surface area contributed by atoms with Gasteiger partial charge in [0.25, 0.3) is 0 Å². The van der Waals surface area contributed by atoms with Gasteiger partial charge >= 0.3 is 0 Å². The van der Waals surface area contributed by atoms with Gasteiger partial charge in [0.05, 0.1) is 6.26 Å². The lowest BCUT2D eigenvalue weighted by atomic mass is 10.0. The fraction of sp³-hybridized carbons (Fsp3) is 0.300. The van der Waals surface area contributed by atoms with E-state index >= 15 is 0 Å². The number of ketones is 1. The summed E-state index contributed by atoms with van der Waals surface area (Å²) in [7, 11) is 0. The first-order valence-electron chi connectivity index (χ1n) is 3.94. The Morgan fingerprint density at radius 1 is 1.83 bits per heavy atom. The standard InChI is InChI=1S/C10H12O2/c1-3-5-8(2)10(11)9-6-4-7-12-9/h3-4,6-8H,1,5H2,2H3/t8-/m0/s1. The summed E-state index contributed by atoms with van der Waals surface area (Å²) in [6, 6.07) is 3.40. The Kier molecular flexibility index (Phi) is 2.86. The van der Waals surface area contributed by atoms with E-state index in [1.807, 2.05) is 6.92 Å². The minimum absolute atomic E-state index is 0.0337. The molecule has 1 rings (SSSR count). The van der Waals surface area contributed by atoms with Gasteiger partial charge in [-0.1, -0.05) is 13.0 Å². The van der Waals surface area contributed by atoms with Crippen LogP contribution in [-0.4, -0.2) is 5.78 Å². The number of furan rings is 1. The van der Waals surface area contributed by atoms with Crippen LogP contribution in [0.2, 0.25) is 0 Å². The first kappa shape index (κ1) is 8.78. The molecule has 0 bridgehead atoms. The molecule has 0 aromatic carbocycles. The Bertz CT molecular complexity index is 259. The lowest BCUT2D eigenvalue weighted by Gasteiger charge is -2.03. The summed E-state index contributed by atoms with van der Waals surface area (Å²) in [6.45, 7) is 5.45. The molecule has 12 heavy (non-hydrogen) atoms. The fourth-order valence-corrected chi connectivity index (χ4v) is 1.02. The van der Waals surface area contributed by atoms with Crippen LogP contribution in [0.25, 0.3) is 0 Å². The highest BCUT2D eigenvalue weighted by Crippen LogP contribution is 2.12. The summed E-state index contributed by atoms with van der Waals surface area (Å²) in [6.07, 6.45) is 3.94. The highest BCUT2D eigenvalue weighted by molar-refractivity contribution is 5.95. The van der Waals surface area contributed by atoms with Crippen molar-refractivity contribution in [3.05, 3.63) is 36.8 Å². The normalized spacial score (nSPS) is 12.4. The summed E-state index contributed by atoms with van der Waals surface area (Å²) < 4.78 is 4.98. The molecule has 2 nitrogen and oxygen atoms in total. The van der Waals surface area contributed by atoms with Crippen LogP contribution in [0.3, 0.4) is 0 Å². The maximum atomic E-state index is 11.5. The summed E-state index contributed by atoms with van der Waals surface area (Å²) in [5.74, 6) is 0.443. The number of hydrogen-bond donors (Lipinski definition) is 0. The SMILES string of the molecule is C=CC[C@H](C)C(=O)c1ccco1. The van der Waals surface area contributed by atoms with Crippen LogP contribution in [0.1, 0.15) is 23.9 Å². The second-order valence-corrected chi connectivity index (χ2v) is 2.77. The predicted molar refractivity (Wildman–Crippen MR) is 47.0 cm³/mol. The number of rotatable bonds is 4. The molecule has 1 aromatic rings. The fourth-order valence-electron chi connectivity index (χ4n) is 1.02. The van der Waals surface area contributed by atoms with E-state index in [1.165, 1.54) is 6.26 Å². The van der Waals surface area contributed by atoms with E-state index < -0.39 is 0 Å². The predicted octanol–water partition coefficient (Wildman–Crippen LogP) is 2.67. The molecule has 0 saturated carbocycles. The third-order valence-electron chi connectivity index (χ3n) is 1.73. The number of Topliss-reactive ketones (excluding diaryl/α,β-unsaturated/α-hetero) is 1. The van der Waals surface area contributed by atoms with Crippen LogP contribution in [0.15, 0.2) is 35.5 Å². The monoisotopic (exact) mass is 164 g/mol. The molecule has 0 amide bonds. The van der Waals surface area contributed by atoms with Crippen molar-refractivity contribution in [3.8, 4) is 0 Å². The summed E-state index contributed by atoms with van der Waals surface area (Å²) in [5.41, 5.74) is 0. The Morgan fingerprint density at radius 3 is 3.08 bits per heavy atom. The lowest BCUT2D eigenvalue weighted by Crippen LogP contribution is -2.09. The van der Waals surface area contributed by atoms with Gasteiger partial charge in [-0.2, -0.15) is 0 Å². The highest BCUT2D eigenvalue weighted by Gasteiger charge is 2.15. The summed E-state index contributed by atoms with van der Waals surface area (Å²) in [4.78, 5) is 11.5. The van der Waals surface area contributed by atoms with Gasteiger partial charge in [-0.05, 0) is 18.6 Å². The molecule has 1 atom stereocenters. The van der Waals surface area contributed by atoms with E-state index in [0.29, 0.717) is 12.2 Å². The van der Waals surface area contributed by atoms with Crippen LogP contribution < -0.4 is 0 Å². The van der Waals surface area contributed by atoms with Crippen LogP contribution in [0, 0.1) is 5.92 Å². The van der Waals surface area contributed by atoms with Gasteiger partial charge in [0.1, 0.15) is 0 Å². The lowest BCUT2D eigenvalue weighted by molar-refractivity contribution is 0.0903. The van der Waals surface area contributed by atoms with Crippen molar-refractivity contribution >= 4 is 5.78 Å². The summed E-state index contributed by atoms with van der Waals surface area (Å²) >= 11 is 0. The largest absolute Gasteiger partial charge is 0.461 e. The van der Waals surface area contributed by atoms with Gasteiger partial charge in [0.15, 0.2) is 5.76 Å². The third-order valence-corrected chi connectivity index (χ3v) is 1.73. The Labute approximate surface area is 71.9 Å². The van der Waals surface area contributed by atoms with Crippen molar-refractivity contribution in [2.45, 2.75) is 13.3 Å². The molecule has 0 saturated heterocycles. The molecule has 64 valence electrons. The Balaban J connectivity index is 2.65. The molecule has 0 N–H and O–H groups in total. The highest BCUT2D eigenvalue weighted by atomic mass is 16.3. The molecule has 0 spiro atoms. The van der Waals surface area contributed by atoms with E-state index in [9.17, 15) is 4.79 Å². The van der Waals surface area contributed by atoms with Crippen LogP contribution >= 0.6 is 0 Å². The second kappa shape index (κ2) is 3.90. The molecular formula is C10H12O2. The van der Waals surface area contributed by atoms with Gasteiger partial charge in [-0.15, -0.1) is 6.58 Å². The zero-order chi connectivity index (χ0) is 8.97. The zero-order valence-corrected chi connectivity index (χ0v) is 7.12. The number of carbonyl (C=O) groups excluding carboxylic acids is 1. The number of carbonyl (C=O) groups is 1. The van der Waals surface area contributed by atoms with Crippen LogP contribution in [0.4, 0.5) is 0 Å². The molecule has 0 unspecified atom stereocenters. The maximum Gasteiger partial charge on any atom is 0.201 e. The molecule has 0 fully saturated rings. The molecule has 0 aliphatic rings. The first-order valence-corrected chi connectivity index (χ1v) is 3.94. The second-order valence-electron chi connectivity index (χ2n) is 2.77.